The number of hydrogen-bond acceptors (Lipinski definition) is 6. The van der Waals surface area contributed by atoms with Crippen molar-refractivity contribution in [2.75, 3.05) is 18.4 Å². The molecule has 0 saturated carbocycles. The molecule has 0 atom stereocenters. The number of hydrogen-bond donors (Lipinski definition) is 1. The van der Waals surface area contributed by atoms with Gasteiger partial charge in [0.15, 0.2) is 0 Å². The lowest BCUT2D eigenvalue weighted by Gasteiger charge is -2.13. The Balaban J connectivity index is 1.82. The Morgan fingerprint density at radius 2 is 1.85 bits per heavy atom. The molecule has 8 heteroatoms. The fraction of sp³-hybridized carbons (Fsp3) is 0.211. The molecule has 3 aromatic rings. The van der Waals surface area contributed by atoms with Gasteiger partial charge in [0.1, 0.15) is 9.96 Å². The van der Waals surface area contributed by atoms with Gasteiger partial charge in [-0.05, 0) is 30.0 Å². The van der Waals surface area contributed by atoms with Crippen molar-refractivity contribution in [3.8, 4) is 5.75 Å². The Kier molecular flexibility index (Phi) is 5.98. The number of thiophene rings is 1. The predicted molar refractivity (Wildman–Crippen MR) is 106 cm³/mol. The number of rotatable bonds is 8. The van der Waals surface area contributed by atoms with Gasteiger partial charge in [0, 0.05) is 17.2 Å². The molecular weight excluding hydrogens is 386 g/mol. The molecule has 0 bridgehead atoms. The molecule has 0 spiro atoms. The van der Waals surface area contributed by atoms with Gasteiger partial charge in [-0.1, -0.05) is 30.3 Å². The number of nitrogens with one attached hydrogen (secondary N) is 1. The predicted octanol–water partition coefficient (Wildman–Crippen LogP) is 4.03. The van der Waals surface area contributed by atoms with E-state index in [-0.39, 0.29) is 16.6 Å². The highest BCUT2D eigenvalue weighted by atomic mass is 32.2. The van der Waals surface area contributed by atoms with Crippen molar-refractivity contribution in [3.05, 3.63) is 53.9 Å². The monoisotopic (exact) mass is 405 g/mol. The zero-order valence-corrected chi connectivity index (χ0v) is 16.3. The molecule has 0 fully saturated rings. The second kappa shape index (κ2) is 8.41. The van der Waals surface area contributed by atoms with E-state index in [1.165, 1.54) is 7.11 Å². The van der Waals surface area contributed by atoms with Gasteiger partial charge in [0.2, 0.25) is 0 Å². The van der Waals surface area contributed by atoms with Crippen molar-refractivity contribution >= 4 is 43.8 Å². The maximum Gasteiger partial charge on any atom is 0.305 e. The first kappa shape index (κ1) is 19.2. The van der Waals surface area contributed by atoms with E-state index in [0.29, 0.717) is 24.5 Å². The first-order valence-corrected chi connectivity index (χ1v) is 10.7. The summed E-state index contributed by atoms with van der Waals surface area (Å²) in [6, 6.07) is 14.1. The molecule has 6 nitrogen and oxygen atoms in total. The first-order chi connectivity index (χ1) is 13.0. The molecule has 2 aromatic carbocycles. The molecule has 0 radical (unpaired) electrons. The van der Waals surface area contributed by atoms with Gasteiger partial charge in [-0.3, -0.25) is 9.52 Å². The van der Waals surface area contributed by atoms with Gasteiger partial charge in [0.05, 0.1) is 19.4 Å². The van der Waals surface area contributed by atoms with Crippen LogP contribution in [0.15, 0.2) is 58.1 Å². The Labute approximate surface area is 161 Å². The van der Waals surface area contributed by atoms with E-state index < -0.39 is 10.0 Å². The van der Waals surface area contributed by atoms with Gasteiger partial charge >= 0.3 is 5.97 Å². The quantitative estimate of drug-likeness (QED) is 0.452. The van der Waals surface area contributed by atoms with Crippen molar-refractivity contribution in [2.24, 2.45) is 0 Å². The van der Waals surface area contributed by atoms with Crippen LogP contribution in [0.3, 0.4) is 0 Å². The highest BCUT2D eigenvalue weighted by Gasteiger charge is 2.17. The molecule has 0 aliphatic carbocycles. The van der Waals surface area contributed by atoms with Crippen LogP contribution in [0.2, 0.25) is 0 Å². The van der Waals surface area contributed by atoms with Crippen LogP contribution in [0, 0.1) is 0 Å². The third-order valence-electron chi connectivity index (χ3n) is 3.90. The number of esters is 1. The van der Waals surface area contributed by atoms with E-state index in [2.05, 4.69) is 9.46 Å². The SMILES string of the molecule is COC(=O)CCCOc1ccc(NS(=O)(=O)c2cccs2)c2ccccc12. The molecule has 0 aliphatic heterocycles. The highest BCUT2D eigenvalue weighted by molar-refractivity contribution is 7.94. The largest absolute Gasteiger partial charge is 0.493 e. The maximum absolute atomic E-state index is 12.5. The van der Waals surface area contributed by atoms with Gasteiger partial charge in [0.25, 0.3) is 10.0 Å². The van der Waals surface area contributed by atoms with Crippen LogP contribution in [0.1, 0.15) is 12.8 Å². The average molecular weight is 405 g/mol. The summed E-state index contributed by atoms with van der Waals surface area (Å²) in [4.78, 5) is 11.2. The minimum absolute atomic E-state index is 0.259. The van der Waals surface area contributed by atoms with Gasteiger partial charge in [-0.15, -0.1) is 11.3 Å². The van der Waals surface area contributed by atoms with E-state index in [1.807, 2.05) is 24.3 Å². The summed E-state index contributed by atoms with van der Waals surface area (Å²) in [5, 5.41) is 3.25. The number of fused-ring (bicyclic) bond motifs is 1. The van der Waals surface area contributed by atoms with Gasteiger partial charge < -0.3 is 9.47 Å². The van der Waals surface area contributed by atoms with Crippen LogP contribution in [0.4, 0.5) is 5.69 Å². The summed E-state index contributed by atoms with van der Waals surface area (Å²) in [5.74, 6) is 0.358. The standard InChI is InChI=1S/C19H19NO5S2/c1-24-18(21)8-4-12-25-17-11-10-16(14-6-2-3-7-15(14)17)20-27(22,23)19-9-5-13-26-19/h2-3,5-7,9-11,13,20H,4,8,12H2,1H3. The van der Waals surface area contributed by atoms with E-state index in [0.717, 1.165) is 22.1 Å². The lowest BCUT2D eigenvalue weighted by molar-refractivity contribution is -0.140. The van der Waals surface area contributed by atoms with Gasteiger partial charge in [-0.25, -0.2) is 8.42 Å². The first-order valence-electron chi connectivity index (χ1n) is 8.29. The Hall–Kier alpha value is -2.58. The highest BCUT2D eigenvalue weighted by Crippen LogP contribution is 2.33. The van der Waals surface area contributed by atoms with E-state index >= 15 is 0 Å². The van der Waals surface area contributed by atoms with E-state index in [1.54, 1.807) is 29.6 Å². The van der Waals surface area contributed by atoms with E-state index in [9.17, 15) is 13.2 Å². The number of ether oxygens (including phenoxy) is 2. The number of methoxy groups -OCH3 is 1. The summed E-state index contributed by atoms with van der Waals surface area (Å²) < 4.78 is 38.3. The smallest absolute Gasteiger partial charge is 0.305 e. The number of sulfonamides is 1. The van der Waals surface area contributed by atoms with Crippen molar-refractivity contribution in [1.82, 2.24) is 0 Å². The number of carbonyl (C=O) groups is 1. The molecule has 0 unspecified atom stereocenters. The van der Waals surface area contributed by atoms with Crippen LogP contribution >= 0.6 is 11.3 Å². The fourth-order valence-electron chi connectivity index (χ4n) is 2.60. The minimum atomic E-state index is -3.63. The fourth-order valence-corrected chi connectivity index (χ4v) is 4.67. The minimum Gasteiger partial charge on any atom is -0.493 e. The second-order valence-corrected chi connectivity index (χ2v) is 8.58. The lowest BCUT2D eigenvalue weighted by Crippen LogP contribution is -2.12. The Morgan fingerprint density at radius 1 is 1.07 bits per heavy atom. The van der Waals surface area contributed by atoms with Crippen LogP contribution in [-0.4, -0.2) is 28.1 Å². The van der Waals surface area contributed by atoms with Crippen molar-refractivity contribution in [2.45, 2.75) is 17.1 Å². The van der Waals surface area contributed by atoms with Crippen molar-refractivity contribution in [3.63, 3.8) is 0 Å². The molecular formula is C19H19NO5S2. The number of benzene rings is 2. The lowest BCUT2D eigenvalue weighted by atomic mass is 10.1. The molecule has 0 aliphatic rings. The van der Waals surface area contributed by atoms with Crippen LogP contribution in [0.25, 0.3) is 10.8 Å². The van der Waals surface area contributed by atoms with Crippen LogP contribution in [-0.2, 0) is 19.6 Å². The molecule has 3 rings (SSSR count). The number of carbonyl (C=O) groups excluding carboxylic acids is 1. The molecule has 1 N–H and O–H groups in total. The summed E-state index contributed by atoms with van der Waals surface area (Å²) >= 11 is 1.16. The summed E-state index contributed by atoms with van der Waals surface area (Å²) in [6.45, 7) is 0.360. The van der Waals surface area contributed by atoms with Crippen molar-refractivity contribution < 1.29 is 22.7 Å². The molecule has 1 aromatic heterocycles. The molecule has 0 amide bonds. The van der Waals surface area contributed by atoms with Crippen LogP contribution in [0.5, 0.6) is 5.75 Å². The summed E-state index contributed by atoms with van der Waals surface area (Å²) in [7, 11) is -2.28. The second-order valence-electron chi connectivity index (χ2n) is 5.72. The van der Waals surface area contributed by atoms with Crippen LogP contribution < -0.4 is 9.46 Å². The van der Waals surface area contributed by atoms with E-state index in [4.69, 9.17) is 4.74 Å². The molecule has 142 valence electrons. The average Bonchev–Trinajstić information content (AvgIpc) is 3.22. The molecule has 1 heterocycles. The maximum atomic E-state index is 12.5. The third kappa shape index (κ3) is 4.58. The zero-order chi connectivity index (χ0) is 19.3. The Morgan fingerprint density at radius 3 is 2.56 bits per heavy atom. The summed E-state index contributed by atoms with van der Waals surface area (Å²) in [6.07, 6.45) is 0.820. The molecule has 0 saturated heterocycles. The van der Waals surface area contributed by atoms with Crippen molar-refractivity contribution in [1.29, 1.82) is 0 Å². The topological polar surface area (TPSA) is 81.7 Å². The molecule has 27 heavy (non-hydrogen) atoms. The normalized spacial score (nSPS) is 11.3. The Bertz CT molecular complexity index is 1030. The summed E-state index contributed by atoms with van der Waals surface area (Å²) in [5.41, 5.74) is 0.487. The number of anilines is 1. The third-order valence-corrected chi connectivity index (χ3v) is 6.66. The zero-order valence-electron chi connectivity index (χ0n) is 14.7. The van der Waals surface area contributed by atoms with Gasteiger partial charge in [-0.2, -0.15) is 0 Å².